The monoisotopic (exact) mass is 291 g/mol. The van der Waals surface area contributed by atoms with Crippen LogP contribution in [0.4, 0.5) is 0 Å². The van der Waals surface area contributed by atoms with Crippen molar-refractivity contribution in [2.45, 2.75) is 39.2 Å². The number of hydrogen-bond acceptors (Lipinski definition) is 4. The number of carbonyl (C=O) groups excluding carboxylic acids is 1. The zero-order chi connectivity index (χ0) is 14.8. The fourth-order valence-electron chi connectivity index (χ4n) is 2.29. The molecule has 7 heteroatoms. The second kappa shape index (κ2) is 5.48. The number of sulfone groups is 1. The fourth-order valence-corrected chi connectivity index (χ4v) is 4.06. The first kappa shape index (κ1) is 15.9. The number of rotatable bonds is 5. The molecule has 1 fully saturated rings. The Morgan fingerprint density at radius 1 is 1.32 bits per heavy atom. The van der Waals surface area contributed by atoms with Crippen molar-refractivity contribution in [3.8, 4) is 0 Å². The van der Waals surface area contributed by atoms with Gasteiger partial charge in [0.1, 0.15) is 0 Å². The molecule has 0 spiro atoms. The van der Waals surface area contributed by atoms with Crippen LogP contribution in [0.15, 0.2) is 0 Å². The van der Waals surface area contributed by atoms with Crippen molar-refractivity contribution >= 4 is 21.7 Å². The zero-order valence-electron chi connectivity index (χ0n) is 11.5. The molecule has 1 amide bonds. The lowest BCUT2D eigenvalue weighted by Gasteiger charge is -2.28. The van der Waals surface area contributed by atoms with Gasteiger partial charge in [0.05, 0.1) is 17.9 Å². The average molecular weight is 291 g/mol. The van der Waals surface area contributed by atoms with E-state index in [0.29, 0.717) is 6.42 Å². The van der Waals surface area contributed by atoms with Gasteiger partial charge in [0, 0.05) is 19.5 Å². The van der Waals surface area contributed by atoms with E-state index in [1.807, 2.05) is 0 Å². The minimum Gasteiger partial charge on any atom is -0.481 e. The van der Waals surface area contributed by atoms with Crippen molar-refractivity contribution in [1.82, 2.24) is 4.90 Å². The molecule has 1 aliphatic rings. The largest absolute Gasteiger partial charge is 0.481 e. The highest BCUT2D eigenvalue weighted by Crippen LogP contribution is 2.27. The van der Waals surface area contributed by atoms with Gasteiger partial charge in [-0.05, 0) is 11.8 Å². The van der Waals surface area contributed by atoms with Gasteiger partial charge in [0.2, 0.25) is 5.91 Å². The van der Waals surface area contributed by atoms with E-state index in [1.54, 1.807) is 20.9 Å². The van der Waals surface area contributed by atoms with E-state index in [4.69, 9.17) is 5.11 Å². The number of carbonyl (C=O) groups is 2. The van der Waals surface area contributed by atoms with Gasteiger partial charge < -0.3 is 10.0 Å². The van der Waals surface area contributed by atoms with Crippen molar-refractivity contribution in [3.05, 3.63) is 0 Å². The lowest BCUT2D eigenvalue weighted by atomic mass is 9.85. The van der Waals surface area contributed by atoms with E-state index < -0.39 is 21.2 Å². The Morgan fingerprint density at radius 3 is 2.32 bits per heavy atom. The number of aliphatic carboxylic acids is 1. The van der Waals surface area contributed by atoms with Gasteiger partial charge in [-0.25, -0.2) is 8.42 Å². The summed E-state index contributed by atoms with van der Waals surface area (Å²) in [7, 11) is -1.44. The lowest BCUT2D eigenvalue weighted by Crippen LogP contribution is -2.40. The third-order valence-corrected chi connectivity index (χ3v) is 5.16. The van der Waals surface area contributed by atoms with Crippen molar-refractivity contribution in [1.29, 1.82) is 0 Å². The van der Waals surface area contributed by atoms with Crippen LogP contribution >= 0.6 is 0 Å². The smallest absolute Gasteiger partial charge is 0.303 e. The van der Waals surface area contributed by atoms with Crippen LogP contribution in [-0.2, 0) is 19.4 Å². The van der Waals surface area contributed by atoms with Crippen LogP contribution < -0.4 is 0 Å². The van der Waals surface area contributed by atoms with Gasteiger partial charge in [-0.1, -0.05) is 13.8 Å². The summed E-state index contributed by atoms with van der Waals surface area (Å²) in [5.74, 6) is -1.01. The van der Waals surface area contributed by atoms with E-state index in [9.17, 15) is 18.0 Å². The highest BCUT2D eigenvalue weighted by molar-refractivity contribution is 7.91. The molecule has 1 N–H and O–H groups in total. The molecule has 1 saturated heterocycles. The summed E-state index contributed by atoms with van der Waals surface area (Å²) in [5.41, 5.74) is -0.630. The molecule has 1 atom stereocenters. The standard InChI is InChI=1S/C12H21NO5S/c1-12(2,7-11(15)16)6-10(14)13(3)9-4-5-19(17,18)8-9/h9H,4-8H2,1-3H3,(H,15,16). The summed E-state index contributed by atoms with van der Waals surface area (Å²) in [6, 6.07) is -0.280. The van der Waals surface area contributed by atoms with Gasteiger partial charge in [0.15, 0.2) is 9.84 Å². The summed E-state index contributed by atoms with van der Waals surface area (Å²) < 4.78 is 22.8. The first-order chi connectivity index (χ1) is 8.52. The average Bonchev–Trinajstić information content (AvgIpc) is 2.54. The maximum absolute atomic E-state index is 12.1. The molecule has 0 aromatic rings. The van der Waals surface area contributed by atoms with Gasteiger partial charge in [0.25, 0.3) is 0 Å². The topological polar surface area (TPSA) is 91.8 Å². The highest BCUT2D eigenvalue weighted by Gasteiger charge is 2.34. The number of hydrogen-bond donors (Lipinski definition) is 1. The van der Waals surface area contributed by atoms with Crippen molar-refractivity contribution in [2.24, 2.45) is 5.41 Å². The number of carboxylic acids is 1. The Labute approximate surface area is 113 Å². The second-order valence-corrected chi connectivity index (χ2v) is 8.20. The predicted octanol–water partition coefficient (Wildman–Crippen LogP) is 0.523. The van der Waals surface area contributed by atoms with E-state index in [1.165, 1.54) is 4.90 Å². The zero-order valence-corrected chi connectivity index (χ0v) is 12.4. The molecule has 0 bridgehead atoms. The third-order valence-electron chi connectivity index (χ3n) is 3.41. The molecular weight excluding hydrogens is 270 g/mol. The van der Waals surface area contributed by atoms with Crippen molar-refractivity contribution < 1.29 is 23.1 Å². The van der Waals surface area contributed by atoms with Gasteiger partial charge in [-0.3, -0.25) is 9.59 Å². The molecule has 0 saturated carbocycles. The van der Waals surface area contributed by atoms with Crippen LogP contribution in [0.25, 0.3) is 0 Å². The summed E-state index contributed by atoms with van der Waals surface area (Å²) in [4.78, 5) is 24.2. The molecule has 0 radical (unpaired) electrons. The van der Waals surface area contributed by atoms with Crippen LogP contribution in [0, 0.1) is 5.41 Å². The molecule has 19 heavy (non-hydrogen) atoms. The van der Waals surface area contributed by atoms with E-state index in [-0.39, 0.29) is 36.3 Å². The van der Waals surface area contributed by atoms with E-state index in [0.717, 1.165) is 0 Å². The first-order valence-electron chi connectivity index (χ1n) is 6.20. The number of carboxylic acid groups (broad SMARTS) is 1. The minimum absolute atomic E-state index is 0.00853. The van der Waals surface area contributed by atoms with Crippen LogP contribution in [0.3, 0.4) is 0 Å². The fraction of sp³-hybridized carbons (Fsp3) is 0.833. The maximum Gasteiger partial charge on any atom is 0.303 e. The van der Waals surface area contributed by atoms with Gasteiger partial charge in [-0.2, -0.15) is 0 Å². The van der Waals surface area contributed by atoms with Crippen molar-refractivity contribution in [3.63, 3.8) is 0 Å². The molecule has 0 aromatic heterocycles. The quantitative estimate of drug-likeness (QED) is 0.797. The predicted molar refractivity (Wildman–Crippen MR) is 70.5 cm³/mol. The number of amides is 1. The lowest BCUT2D eigenvalue weighted by molar-refractivity contribution is -0.140. The Hall–Kier alpha value is -1.11. The van der Waals surface area contributed by atoms with Crippen LogP contribution in [0.1, 0.15) is 33.1 Å². The SMILES string of the molecule is CN(C(=O)CC(C)(C)CC(=O)O)C1CCS(=O)(=O)C1. The van der Waals surface area contributed by atoms with Gasteiger partial charge in [-0.15, -0.1) is 0 Å². The highest BCUT2D eigenvalue weighted by atomic mass is 32.2. The summed E-state index contributed by atoms with van der Waals surface area (Å²) in [6.45, 7) is 3.44. The molecule has 0 aromatic carbocycles. The first-order valence-corrected chi connectivity index (χ1v) is 8.02. The molecule has 1 rings (SSSR count). The summed E-state index contributed by atoms with van der Waals surface area (Å²) >= 11 is 0. The van der Waals surface area contributed by atoms with Crippen LogP contribution in [-0.4, -0.2) is 54.9 Å². The Bertz CT molecular complexity index is 469. The Kier molecular flexibility index (Phi) is 4.60. The molecule has 0 aliphatic carbocycles. The van der Waals surface area contributed by atoms with Gasteiger partial charge >= 0.3 is 5.97 Å². The van der Waals surface area contributed by atoms with Crippen LogP contribution in [0.5, 0.6) is 0 Å². The molecule has 110 valence electrons. The molecule has 1 aliphatic heterocycles. The third kappa shape index (κ3) is 4.81. The molecule has 1 heterocycles. The van der Waals surface area contributed by atoms with E-state index >= 15 is 0 Å². The van der Waals surface area contributed by atoms with Crippen molar-refractivity contribution in [2.75, 3.05) is 18.6 Å². The summed E-state index contributed by atoms with van der Waals surface area (Å²) in [6.07, 6.45) is 0.478. The summed E-state index contributed by atoms with van der Waals surface area (Å²) in [5, 5.41) is 8.78. The van der Waals surface area contributed by atoms with E-state index in [2.05, 4.69) is 0 Å². The number of nitrogens with zero attached hydrogens (tertiary/aromatic N) is 1. The Morgan fingerprint density at radius 2 is 1.89 bits per heavy atom. The van der Waals surface area contributed by atoms with Crippen LogP contribution in [0.2, 0.25) is 0 Å². The molecule has 6 nitrogen and oxygen atoms in total. The Balaban J connectivity index is 2.61. The second-order valence-electron chi connectivity index (χ2n) is 5.97. The maximum atomic E-state index is 12.1. The minimum atomic E-state index is -3.02. The molecule has 1 unspecified atom stereocenters. The molecular formula is C12H21NO5S. The normalized spacial score (nSPS) is 22.2.